The second-order valence-corrected chi connectivity index (χ2v) is 7.18. The normalized spacial score (nSPS) is 26.1. The molecule has 1 aromatic carbocycles. The first-order valence-electron chi connectivity index (χ1n) is 9.24. The quantitative estimate of drug-likeness (QED) is 0.903. The highest BCUT2D eigenvalue weighted by molar-refractivity contribution is 5.92. The van der Waals surface area contributed by atoms with Gasteiger partial charge in [0.05, 0.1) is 11.8 Å². The minimum atomic E-state index is -0.124. The van der Waals surface area contributed by atoms with E-state index in [0.717, 1.165) is 31.4 Å². The maximum Gasteiger partial charge on any atom is 0.226 e. The molecule has 4 nitrogen and oxygen atoms in total. The molecule has 3 atom stereocenters. The first-order valence-corrected chi connectivity index (χ1v) is 9.24. The van der Waals surface area contributed by atoms with Gasteiger partial charge >= 0.3 is 0 Å². The molecule has 0 radical (unpaired) electrons. The van der Waals surface area contributed by atoms with Crippen LogP contribution in [-0.4, -0.2) is 29.3 Å². The SMILES string of the molecule is CCC1CCCCN1C(=O)C1CC1C(=O)NCc1ccccc1C. The van der Waals surface area contributed by atoms with Crippen molar-refractivity contribution in [3.8, 4) is 0 Å². The standard InChI is InChI=1S/C20H28N2O2/c1-3-16-10-6-7-11-22(16)20(24)18-12-17(18)19(23)21-13-15-9-5-4-8-14(15)2/h4-5,8-9,16-18H,3,6-7,10-13H2,1-2H3,(H,21,23). The zero-order valence-electron chi connectivity index (χ0n) is 14.8. The van der Waals surface area contributed by atoms with Gasteiger partial charge in [0.15, 0.2) is 0 Å². The number of hydrogen-bond donors (Lipinski definition) is 1. The van der Waals surface area contributed by atoms with Gasteiger partial charge in [-0.1, -0.05) is 31.2 Å². The molecule has 0 spiro atoms. The van der Waals surface area contributed by atoms with Gasteiger partial charge in [-0.2, -0.15) is 0 Å². The Kier molecular flexibility index (Phi) is 5.22. The highest BCUT2D eigenvalue weighted by Gasteiger charge is 2.50. The number of carbonyl (C=O) groups is 2. The van der Waals surface area contributed by atoms with E-state index in [1.54, 1.807) is 0 Å². The Bertz CT molecular complexity index is 613. The van der Waals surface area contributed by atoms with Crippen molar-refractivity contribution < 1.29 is 9.59 Å². The Morgan fingerprint density at radius 1 is 1.21 bits per heavy atom. The van der Waals surface area contributed by atoms with Crippen LogP contribution < -0.4 is 5.32 Å². The van der Waals surface area contributed by atoms with Gasteiger partial charge in [-0.15, -0.1) is 0 Å². The second kappa shape index (κ2) is 7.37. The van der Waals surface area contributed by atoms with Crippen LogP contribution in [0.3, 0.4) is 0 Å². The predicted molar refractivity (Wildman–Crippen MR) is 94.3 cm³/mol. The largest absolute Gasteiger partial charge is 0.352 e. The number of piperidine rings is 1. The summed E-state index contributed by atoms with van der Waals surface area (Å²) in [5, 5.41) is 3.01. The van der Waals surface area contributed by atoms with E-state index in [2.05, 4.69) is 12.2 Å². The third-order valence-corrected chi connectivity index (χ3v) is 5.54. The zero-order valence-corrected chi connectivity index (χ0v) is 14.8. The van der Waals surface area contributed by atoms with E-state index in [9.17, 15) is 9.59 Å². The highest BCUT2D eigenvalue weighted by atomic mass is 16.2. The molecule has 1 heterocycles. The number of nitrogens with zero attached hydrogens (tertiary/aromatic N) is 1. The van der Waals surface area contributed by atoms with E-state index in [4.69, 9.17) is 0 Å². The van der Waals surface area contributed by atoms with Crippen LogP contribution in [-0.2, 0) is 16.1 Å². The van der Waals surface area contributed by atoms with Crippen molar-refractivity contribution in [2.24, 2.45) is 11.8 Å². The van der Waals surface area contributed by atoms with Crippen LogP contribution in [0, 0.1) is 18.8 Å². The summed E-state index contributed by atoms with van der Waals surface area (Å²) in [7, 11) is 0. The molecular weight excluding hydrogens is 300 g/mol. The van der Waals surface area contributed by atoms with Gasteiger partial charge in [0, 0.05) is 19.1 Å². The Hall–Kier alpha value is -1.84. The third-order valence-electron chi connectivity index (χ3n) is 5.54. The fourth-order valence-electron chi connectivity index (χ4n) is 3.81. The maximum absolute atomic E-state index is 12.7. The summed E-state index contributed by atoms with van der Waals surface area (Å²) in [5.74, 6) is 0.0224. The van der Waals surface area contributed by atoms with Crippen LogP contribution in [0.15, 0.2) is 24.3 Å². The Morgan fingerprint density at radius 3 is 2.75 bits per heavy atom. The molecule has 1 N–H and O–H groups in total. The third kappa shape index (κ3) is 3.63. The lowest BCUT2D eigenvalue weighted by atomic mass is 9.99. The van der Waals surface area contributed by atoms with Gasteiger partial charge < -0.3 is 10.2 Å². The van der Waals surface area contributed by atoms with E-state index in [0.29, 0.717) is 19.0 Å². The molecule has 130 valence electrons. The van der Waals surface area contributed by atoms with Crippen molar-refractivity contribution in [2.75, 3.05) is 6.54 Å². The number of amides is 2. The average Bonchev–Trinajstić information content (AvgIpc) is 3.41. The molecule has 1 saturated heterocycles. The molecule has 0 bridgehead atoms. The summed E-state index contributed by atoms with van der Waals surface area (Å²) >= 11 is 0. The second-order valence-electron chi connectivity index (χ2n) is 7.18. The van der Waals surface area contributed by atoms with E-state index in [-0.39, 0.29) is 23.7 Å². The lowest BCUT2D eigenvalue weighted by Gasteiger charge is -2.35. The average molecular weight is 328 g/mol. The van der Waals surface area contributed by atoms with Gasteiger partial charge in [0.2, 0.25) is 11.8 Å². The lowest BCUT2D eigenvalue weighted by Crippen LogP contribution is -2.44. The number of carbonyl (C=O) groups excluding carboxylic acids is 2. The van der Waals surface area contributed by atoms with E-state index >= 15 is 0 Å². The molecule has 2 amide bonds. The molecule has 1 saturated carbocycles. The summed E-state index contributed by atoms with van der Waals surface area (Å²) in [5.41, 5.74) is 2.32. The topological polar surface area (TPSA) is 49.4 Å². The van der Waals surface area contributed by atoms with Gasteiger partial charge in [-0.25, -0.2) is 0 Å². The van der Waals surface area contributed by atoms with Crippen LogP contribution in [0.25, 0.3) is 0 Å². The minimum Gasteiger partial charge on any atom is -0.352 e. The van der Waals surface area contributed by atoms with Crippen molar-refractivity contribution in [3.05, 3.63) is 35.4 Å². The Balaban J connectivity index is 1.52. The van der Waals surface area contributed by atoms with E-state index in [1.165, 1.54) is 12.0 Å². The summed E-state index contributed by atoms with van der Waals surface area (Å²) in [6, 6.07) is 8.44. The zero-order chi connectivity index (χ0) is 17.1. The molecule has 2 aliphatic rings. The first kappa shape index (κ1) is 17.0. The van der Waals surface area contributed by atoms with Gasteiger partial charge in [0.25, 0.3) is 0 Å². The summed E-state index contributed by atoms with van der Waals surface area (Å²) in [6.45, 7) is 5.61. The van der Waals surface area contributed by atoms with E-state index < -0.39 is 0 Å². The van der Waals surface area contributed by atoms with Crippen molar-refractivity contribution in [1.29, 1.82) is 0 Å². The van der Waals surface area contributed by atoms with Gasteiger partial charge in [-0.05, 0) is 50.2 Å². The molecular formula is C20H28N2O2. The Morgan fingerprint density at radius 2 is 2.00 bits per heavy atom. The van der Waals surface area contributed by atoms with Gasteiger partial charge in [-0.3, -0.25) is 9.59 Å². The molecule has 1 aliphatic carbocycles. The lowest BCUT2D eigenvalue weighted by molar-refractivity contribution is -0.138. The monoisotopic (exact) mass is 328 g/mol. The highest BCUT2D eigenvalue weighted by Crippen LogP contribution is 2.41. The minimum absolute atomic E-state index is 0.0293. The van der Waals surface area contributed by atoms with Crippen LogP contribution in [0.1, 0.15) is 50.2 Å². The molecule has 2 fully saturated rings. The molecule has 3 rings (SSSR count). The Labute approximate surface area is 144 Å². The number of aryl methyl sites for hydroxylation is 1. The number of rotatable bonds is 5. The predicted octanol–water partition coefficient (Wildman–Crippen LogP) is 3.04. The van der Waals surface area contributed by atoms with Crippen molar-refractivity contribution in [3.63, 3.8) is 0 Å². The molecule has 24 heavy (non-hydrogen) atoms. The van der Waals surface area contributed by atoms with Crippen LogP contribution >= 0.6 is 0 Å². The smallest absolute Gasteiger partial charge is 0.226 e. The van der Waals surface area contributed by atoms with Crippen molar-refractivity contribution >= 4 is 11.8 Å². The molecule has 1 aromatic rings. The summed E-state index contributed by atoms with van der Waals surface area (Å²) in [4.78, 5) is 27.1. The fourth-order valence-corrected chi connectivity index (χ4v) is 3.81. The van der Waals surface area contributed by atoms with Crippen LogP contribution in [0.2, 0.25) is 0 Å². The summed E-state index contributed by atoms with van der Waals surface area (Å²) < 4.78 is 0. The van der Waals surface area contributed by atoms with E-state index in [1.807, 2.05) is 36.1 Å². The van der Waals surface area contributed by atoms with Crippen LogP contribution in [0.4, 0.5) is 0 Å². The summed E-state index contributed by atoms with van der Waals surface area (Å²) in [6.07, 6.45) is 5.15. The number of hydrogen-bond acceptors (Lipinski definition) is 2. The molecule has 0 aromatic heterocycles. The molecule has 3 unspecified atom stereocenters. The first-order chi connectivity index (χ1) is 11.6. The maximum atomic E-state index is 12.7. The van der Waals surface area contributed by atoms with Crippen molar-refractivity contribution in [2.45, 2.75) is 58.5 Å². The number of likely N-dealkylation sites (tertiary alicyclic amines) is 1. The van der Waals surface area contributed by atoms with Crippen LogP contribution in [0.5, 0.6) is 0 Å². The molecule has 1 aliphatic heterocycles. The number of nitrogens with one attached hydrogen (secondary N) is 1. The fraction of sp³-hybridized carbons (Fsp3) is 0.600. The van der Waals surface area contributed by atoms with Crippen molar-refractivity contribution in [1.82, 2.24) is 10.2 Å². The molecule has 4 heteroatoms. The van der Waals surface area contributed by atoms with Gasteiger partial charge in [0.1, 0.15) is 0 Å². The number of benzene rings is 1.